The second-order valence-electron chi connectivity index (χ2n) is 4.30. The summed E-state index contributed by atoms with van der Waals surface area (Å²) in [7, 11) is 0. The van der Waals surface area contributed by atoms with Crippen LogP contribution in [0.3, 0.4) is 0 Å². The number of non-ortho nitro benzene ring substituents is 1. The molecule has 1 aromatic carbocycles. The third kappa shape index (κ3) is 3.47. The lowest BCUT2D eigenvalue weighted by atomic mass is 10.1. The molecule has 2 rings (SSSR count). The summed E-state index contributed by atoms with van der Waals surface area (Å²) in [6, 6.07) is 5.52. The highest BCUT2D eigenvalue weighted by atomic mass is 19.1. The standard InChI is InChI=1S/C12H12FN3O3/c13-10-3-9(4-11(5-10)16(17)18)7-15-1-2-19-12(6-14)8-15/h3-5,12H,1-2,7-8H2. The van der Waals surface area contributed by atoms with E-state index in [9.17, 15) is 14.5 Å². The molecule has 1 unspecified atom stereocenters. The van der Waals surface area contributed by atoms with E-state index >= 15 is 0 Å². The molecule has 1 fully saturated rings. The van der Waals surface area contributed by atoms with Crippen LogP contribution in [0.1, 0.15) is 5.56 Å². The van der Waals surface area contributed by atoms with Crippen molar-refractivity contribution in [3.05, 3.63) is 39.7 Å². The van der Waals surface area contributed by atoms with E-state index in [1.165, 1.54) is 12.1 Å². The van der Waals surface area contributed by atoms with Crippen molar-refractivity contribution in [1.82, 2.24) is 4.90 Å². The van der Waals surface area contributed by atoms with Crippen LogP contribution in [0.15, 0.2) is 18.2 Å². The fourth-order valence-electron chi connectivity index (χ4n) is 2.01. The molecule has 0 aliphatic carbocycles. The molecule has 0 aromatic heterocycles. The molecule has 100 valence electrons. The van der Waals surface area contributed by atoms with Gasteiger partial charge in [0.25, 0.3) is 5.69 Å². The molecule has 1 heterocycles. The quantitative estimate of drug-likeness (QED) is 0.610. The first kappa shape index (κ1) is 13.4. The van der Waals surface area contributed by atoms with Gasteiger partial charge in [-0.15, -0.1) is 0 Å². The second kappa shape index (κ2) is 5.73. The van der Waals surface area contributed by atoms with Gasteiger partial charge in [0.15, 0.2) is 6.10 Å². The van der Waals surface area contributed by atoms with E-state index in [4.69, 9.17) is 10.00 Å². The van der Waals surface area contributed by atoms with E-state index in [0.29, 0.717) is 31.8 Å². The number of morpholine rings is 1. The van der Waals surface area contributed by atoms with Gasteiger partial charge in [-0.1, -0.05) is 0 Å². The summed E-state index contributed by atoms with van der Waals surface area (Å²) >= 11 is 0. The molecule has 0 saturated carbocycles. The second-order valence-corrected chi connectivity index (χ2v) is 4.30. The van der Waals surface area contributed by atoms with Gasteiger partial charge in [-0.25, -0.2) is 4.39 Å². The summed E-state index contributed by atoms with van der Waals surface area (Å²) in [6.45, 7) is 1.82. The number of nitriles is 1. The van der Waals surface area contributed by atoms with E-state index in [2.05, 4.69) is 0 Å². The minimum atomic E-state index is -0.630. The van der Waals surface area contributed by atoms with Gasteiger partial charge in [-0.3, -0.25) is 15.0 Å². The van der Waals surface area contributed by atoms with Crippen LogP contribution in [0.4, 0.5) is 10.1 Å². The minimum absolute atomic E-state index is 0.264. The van der Waals surface area contributed by atoms with Crippen LogP contribution in [0.25, 0.3) is 0 Å². The largest absolute Gasteiger partial charge is 0.361 e. The molecule has 0 amide bonds. The predicted octanol–water partition coefficient (Wildman–Crippen LogP) is 1.46. The zero-order valence-corrected chi connectivity index (χ0v) is 10.1. The van der Waals surface area contributed by atoms with Crippen LogP contribution in [-0.2, 0) is 11.3 Å². The Morgan fingerprint density at radius 1 is 1.58 bits per heavy atom. The van der Waals surface area contributed by atoms with Crippen molar-refractivity contribution in [2.45, 2.75) is 12.6 Å². The summed E-state index contributed by atoms with van der Waals surface area (Å²) in [6.07, 6.45) is -0.503. The fraction of sp³-hybridized carbons (Fsp3) is 0.417. The number of nitro benzene ring substituents is 1. The first-order chi connectivity index (χ1) is 9.08. The predicted molar refractivity (Wildman–Crippen MR) is 63.7 cm³/mol. The maximum Gasteiger partial charge on any atom is 0.272 e. The van der Waals surface area contributed by atoms with Gasteiger partial charge < -0.3 is 4.74 Å². The average molecular weight is 265 g/mol. The zero-order valence-electron chi connectivity index (χ0n) is 10.1. The van der Waals surface area contributed by atoms with Gasteiger partial charge in [0.2, 0.25) is 0 Å². The lowest BCUT2D eigenvalue weighted by Gasteiger charge is -2.29. The minimum Gasteiger partial charge on any atom is -0.361 e. The van der Waals surface area contributed by atoms with Gasteiger partial charge in [-0.2, -0.15) is 5.26 Å². The van der Waals surface area contributed by atoms with E-state index in [-0.39, 0.29) is 5.69 Å². The highest BCUT2D eigenvalue weighted by molar-refractivity contribution is 5.35. The summed E-state index contributed by atoms with van der Waals surface area (Å²) < 4.78 is 18.5. The van der Waals surface area contributed by atoms with E-state index in [0.717, 1.165) is 6.07 Å². The Hall–Kier alpha value is -2.04. The summed E-state index contributed by atoms with van der Waals surface area (Å²) in [5.41, 5.74) is 0.255. The maximum atomic E-state index is 13.3. The third-order valence-corrected chi connectivity index (χ3v) is 2.85. The Morgan fingerprint density at radius 2 is 2.37 bits per heavy atom. The zero-order chi connectivity index (χ0) is 13.8. The summed E-state index contributed by atoms with van der Waals surface area (Å²) in [5, 5.41) is 19.4. The van der Waals surface area contributed by atoms with Crippen LogP contribution in [-0.4, -0.2) is 35.6 Å². The molecule has 0 bridgehead atoms. The van der Waals surface area contributed by atoms with Gasteiger partial charge in [0, 0.05) is 25.7 Å². The summed E-state index contributed by atoms with van der Waals surface area (Å²) in [4.78, 5) is 11.9. The summed E-state index contributed by atoms with van der Waals surface area (Å²) in [5.74, 6) is -0.630. The molecular formula is C12H12FN3O3. The Balaban J connectivity index is 2.10. The van der Waals surface area contributed by atoms with Gasteiger partial charge in [0.05, 0.1) is 23.7 Å². The molecule has 0 N–H and O–H groups in total. The van der Waals surface area contributed by atoms with Crippen LogP contribution in [0, 0.1) is 27.3 Å². The smallest absolute Gasteiger partial charge is 0.272 e. The number of rotatable bonds is 3. The fourth-order valence-corrected chi connectivity index (χ4v) is 2.01. The van der Waals surface area contributed by atoms with Crippen molar-refractivity contribution >= 4 is 5.69 Å². The molecule has 7 heteroatoms. The lowest BCUT2D eigenvalue weighted by Crippen LogP contribution is -2.41. The highest BCUT2D eigenvalue weighted by Crippen LogP contribution is 2.18. The number of benzene rings is 1. The normalized spacial score (nSPS) is 19.9. The molecular weight excluding hydrogens is 253 g/mol. The molecule has 0 radical (unpaired) electrons. The maximum absolute atomic E-state index is 13.3. The Labute approximate surface area is 109 Å². The number of ether oxygens (including phenoxy) is 1. The van der Waals surface area contributed by atoms with Gasteiger partial charge in [0.1, 0.15) is 5.82 Å². The SMILES string of the molecule is N#CC1CN(Cc2cc(F)cc([N+](=O)[O-])c2)CCO1. The molecule has 19 heavy (non-hydrogen) atoms. The average Bonchev–Trinajstić information content (AvgIpc) is 2.38. The number of hydrogen-bond donors (Lipinski definition) is 0. The molecule has 1 saturated heterocycles. The lowest BCUT2D eigenvalue weighted by molar-refractivity contribution is -0.385. The van der Waals surface area contributed by atoms with Gasteiger partial charge in [-0.05, 0) is 11.6 Å². The molecule has 1 aliphatic rings. The van der Waals surface area contributed by atoms with Crippen molar-refractivity contribution in [2.24, 2.45) is 0 Å². The first-order valence-corrected chi connectivity index (χ1v) is 5.76. The van der Waals surface area contributed by atoms with E-state index < -0.39 is 16.8 Å². The topological polar surface area (TPSA) is 79.4 Å². The van der Waals surface area contributed by atoms with Crippen LogP contribution in [0.5, 0.6) is 0 Å². The van der Waals surface area contributed by atoms with Gasteiger partial charge >= 0.3 is 0 Å². The molecule has 1 atom stereocenters. The van der Waals surface area contributed by atoms with Crippen molar-refractivity contribution < 1.29 is 14.1 Å². The van der Waals surface area contributed by atoms with Crippen LogP contribution < -0.4 is 0 Å². The number of hydrogen-bond acceptors (Lipinski definition) is 5. The van der Waals surface area contributed by atoms with E-state index in [1.807, 2.05) is 11.0 Å². The van der Waals surface area contributed by atoms with Crippen molar-refractivity contribution in [2.75, 3.05) is 19.7 Å². The number of nitro groups is 1. The molecule has 6 nitrogen and oxygen atoms in total. The van der Waals surface area contributed by atoms with Crippen molar-refractivity contribution in [3.8, 4) is 6.07 Å². The first-order valence-electron chi connectivity index (χ1n) is 5.76. The van der Waals surface area contributed by atoms with Crippen LogP contribution >= 0.6 is 0 Å². The highest BCUT2D eigenvalue weighted by Gasteiger charge is 2.20. The Morgan fingerprint density at radius 3 is 3.05 bits per heavy atom. The number of halogens is 1. The van der Waals surface area contributed by atoms with E-state index in [1.54, 1.807) is 0 Å². The molecule has 1 aliphatic heterocycles. The van der Waals surface area contributed by atoms with Crippen molar-refractivity contribution in [1.29, 1.82) is 5.26 Å². The Kier molecular flexibility index (Phi) is 4.04. The monoisotopic (exact) mass is 265 g/mol. The van der Waals surface area contributed by atoms with Crippen molar-refractivity contribution in [3.63, 3.8) is 0 Å². The van der Waals surface area contributed by atoms with Crippen LogP contribution in [0.2, 0.25) is 0 Å². The Bertz CT molecular complexity index is 529. The third-order valence-electron chi connectivity index (χ3n) is 2.85. The molecule has 0 spiro atoms. The number of nitrogens with zero attached hydrogens (tertiary/aromatic N) is 3. The molecule has 1 aromatic rings.